The third-order valence-corrected chi connectivity index (χ3v) is 9.31. The number of aryl methyl sites for hydroxylation is 1. The summed E-state index contributed by atoms with van der Waals surface area (Å²) in [5.74, 6) is 0.748. The lowest BCUT2D eigenvalue weighted by Gasteiger charge is -2.23. The zero-order valence-corrected chi connectivity index (χ0v) is 23.6. The summed E-state index contributed by atoms with van der Waals surface area (Å²) in [7, 11) is 0. The van der Waals surface area contributed by atoms with Crippen LogP contribution in [0.5, 0.6) is 5.75 Å². The number of halogens is 1. The first kappa shape index (κ1) is 26.1. The van der Waals surface area contributed by atoms with Crippen LogP contribution in [0.1, 0.15) is 76.9 Å². The van der Waals surface area contributed by atoms with Gasteiger partial charge in [-0.2, -0.15) is 0 Å². The molecule has 2 aliphatic carbocycles. The molecule has 0 aliphatic heterocycles. The fraction of sp³-hybridized carbons (Fsp3) is 0.333. The average molecular weight is 557 g/mol. The highest BCUT2D eigenvalue weighted by molar-refractivity contribution is 7.16. The van der Waals surface area contributed by atoms with Crippen LogP contribution in [0.3, 0.4) is 0 Å². The maximum absolute atomic E-state index is 13.5. The molecule has 1 N–H and O–H groups in total. The van der Waals surface area contributed by atoms with E-state index in [2.05, 4.69) is 41.7 Å². The number of benzene rings is 3. The van der Waals surface area contributed by atoms with Crippen molar-refractivity contribution in [1.82, 2.24) is 5.32 Å². The van der Waals surface area contributed by atoms with Crippen molar-refractivity contribution in [2.75, 3.05) is 0 Å². The molecule has 0 unspecified atom stereocenters. The average Bonchev–Trinajstić information content (AvgIpc) is 3.34. The number of ether oxygens (including phenoxy) is 1. The van der Waals surface area contributed by atoms with Gasteiger partial charge in [-0.3, -0.25) is 4.79 Å². The summed E-state index contributed by atoms with van der Waals surface area (Å²) in [5, 5.41) is 7.11. The SMILES string of the molecule is O=C(NC1CCCCC1)c1c(N=Cc2cc(Cl)ccc2OCc2cccc3ccccc23)sc2c1CCCC2. The molecule has 1 saturated carbocycles. The van der Waals surface area contributed by atoms with E-state index in [1.54, 1.807) is 17.6 Å². The summed E-state index contributed by atoms with van der Waals surface area (Å²) in [4.78, 5) is 19.7. The van der Waals surface area contributed by atoms with Gasteiger partial charge in [-0.05, 0) is 78.6 Å². The lowest BCUT2D eigenvalue weighted by molar-refractivity contribution is 0.0927. The van der Waals surface area contributed by atoms with Gasteiger partial charge in [0.1, 0.15) is 17.4 Å². The Bertz CT molecular complexity index is 1510. The van der Waals surface area contributed by atoms with Gasteiger partial charge < -0.3 is 10.1 Å². The number of nitrogens with one attached hydrogen (secondary N) is 1. The smallest absolute Gasteiger partial charge is 0.254 e. The standard InChI is InChI=1S/C33H33ClN2O2S/c34-25-17-18-29(38-21-23-11-8-10-22-9-4-5-14-27(22)23)24(19-25)20-35-33-31(28-15-6-7-16-30(28)39-33)32(37)36-26-12-2-1-3-13-26/h4-5,8-11,14,17-20,26H,1-3,6-7,12-13,15-16,21H2,(H,36,37). The van der Waals surface area contributed by atoms with Crippen molar-refractivity contribution in [3.05, 3.63) is 92.8 Å². The van der Waals surface area contributed by atoms with Crippen molar-refractivity contribution in [2.24, 2.45) is 4.99 Å². The highest BCUT2D eigenvalue weighted by Gasteiger charge is 2.27. The lowest BCUT2D eigenvalue weighted by Crippen LogP contribution is -2.36. The van der Waals surface area contributed by atoms with Crippen molar-refractivity contribution >= 4 is 50.8 Å². The van der Waals surface area contributed by atoms with E-state index in [9.17, 15) is 4.79 Å². The van der Waals surface area contributed by atoms with E-state index in [1.165, 1.54) is 46.9 Å². The first-order valence-corrected chi connectivity index (χ1v) is 15.2. The second kappa shape index (κ2) is 11.9. The monoisotopic (exact) mass is 556 g/mol. The second-order valence-corrected chi connectivity index (χ2v) is 12.1. The molecule has 2 aliphatic rings. The van der Waals surface area contributed by atoms with Crippen LogP contribution in [0.4, 0.5) is 5.00 Å². The Hall–Kier alpha value is -3.15. The summed E-state index contributed by atoms with van der Waals surface area (Å²) in [5.41, 5.74) is 3.90. The molecular formula is C33H33ClN2O2S. The molecule has 3 aromatic carbocycles. The van der Waals surface area contributed by atoms with Crippen LogP contribution in [-0.2, 0) is 19.4 Å². The number of hydrogen-bond donors (Lipinski definition) is 1. The van der Waals surface area contributed by atoms with Gasteiger partial charge in [-0.25, -0.2) is 4.99 Å². The molecule has 39 heavy (non-hydrogen) atoms. The number of carbonyl (C=O) groups is 1. The number of hydrogen-bond acceptors (Lipinski definition) is 4. The van der Waals surface area contributed by atoms with Gasteiger partial charge in [0.15, 0.2) is 0 Å². The van der Waals surface area contributed by atoms with Crippen LogP contribution < -0.4 is 10.1 Å². The van der Waals surface area contributed by atoms with E-state index in [0.717, 1.165) is 53.8 Å². The lowest BCUT2D eigenvalue weighted by atomic mass is 9.93. The molecule has 1 amide bonds. The van der Waals surface area contributed by atoms with E-state index < -0.39 is 0 Å². The summed E-state index contributed by atoms with van der Waals surface area (Å²) in [6.45, 7) is 0.437. The first-order valence-electron chi connectivity index (χ1n) is 14.0. The molecule has 6 heteroatoms. The van der Waals surface area contributed by atoms with Gasteiger partial charge >= 0.3 is 0 Å². The molecular weight excluding hydrogens is 524 g/mol. The number of fused-ring (bicyclic) bond motifs is 2. The van der Waals surface area contributed by atoms with Crippen molar-refractivity contribution < 1.29 is 9.53 Å². The molecule has 1 fully saturated rings. The molecule has 1 heterocycles. The Morgan fingerprint density at radius 1 is 1.00 bits per heavy atom. The maximum atomic E-state index is 13.5. The summed E-state index contributed by atoms with van der Waals surface area (Å²) < 4.78 is 6.31. The number of rotatable bonds is 7. The largest absolute Gasteiger partial charge is 0.488 e. The number of carbonyl (C=O) groups excluding carboxylic acids is 1. The van der Waals surface area contributed by atoms with Gasteiger partial charge in [-0.15, -0.1) is 11.3 Å². The Morgan fingerprint density at radius 3 is 2.72 bits per heavy atom. The number of thiophene rings is 1. The molecule has 0 spiro atoms. The molecule has 0 saturated heterocycles. The Balaban J connectivity index is 1.27. The fourth-order valence-corrected chi connectivity index (χ4v) is 7.25. The van der Waals surface area contributed by atoms with Crippen molar-refractivity contribution in [1.29, 1.82) is 0 Å². The normalized spacial score (nSPS) is 15.9. The Kier molecular flexibility index (Phi) is 7.98. The topological polar surface area (TPSA) is 50.7 Å². The van der Waals surface area contributed by atoms with Gasteiger partial charge in [0.05, 0.1) is 5.56 Å². The summed E-state index contributed by atoms with van der Waals surface area (Å²) in [6, 6.07) is 20.5. The molecule has 6 rings (SSSR count). The van der Waals surface area contributed by atoms with Gasteiger partial charge in [0.25, 0.3) is 5.91 Å². The quantitative estimate of drug-likeness (QED) is 0.231. The molecule has 200 valence electrons. The minimum atomic E-state index is 0.0342. The van der Waals surface area contributed by atoms with Gasteiger partial charge in [-0.1, -0.05) is 73.3 Å². The van der Waals surface area contributed by atoms with E-state index >= 15 is 0 Å². The predicted molar refractivity (Wildman–Crippen MR) is 162 cm³/mol. The molecule has 1 aromatic heterocycles. The van der Waals surface area contributed by atoms with Crippen LogP contribution in [0.2, 0.25) is 5.02 Å². The van der Waals surface area contributed by atoms with Crippen LogP contribution in [0, 0.1) is 0 Å². The molecule has 4 aromatic rings. The third-order valence-electron chi connectivity index (χ3n) is 7.88. The minimum Gasteiger partial charge on any atom is -0.488 e. The van der Waals surface area contributed by atoms with Crippen LogP contribution in [0.25, 0.3) is 10.8 Å². The maximum Gasteiger partial charge on any atom is 0.254 e. The van der Waals surface area contributed by atoms with Crippen LogP contribution in [0.15, 0.2) is 65.7 Å². The number of nitrogens with zero attached hydrogens (tertiary/aromatic N) is 1. The van der Waals surface area contributed by atoms with E-state index in [0.29, 0.717) is 17.4 Å². The zero-order chi connectivity index (χ0) is 26.6. The summed E-state index contributed by atoms with van der Waals surface area (Å²) in [6.07, 6.45) is 11.8. The van der Waals surface area contributed by atoms with E-state index in [1.807, 2.05) is 24.3 Å². The van der Waals surface area contributed by atoms with Crippen molar-refractivity contribution in [2.45, 2.75) is 70.4 Å². The van der Waals surface area contributed by atoms with Crippen molar-refractivity contribution in [3.63, 3.8) is 0 Å². The Morgan fingerprint density at radius 2 is 1.82 bits per heavy atom. The fourth-order valence-electron chi connectivity index (χ4n) is 5.83. The zero-order valence-electron chi connectivity index (χ0n) is 22.0. The number of amides is 1. The molecule has 0 bridgehead atoms. The minimum absolute atomic E-state index is 0.0342. The predicted octanol–water partition coefficient (Wildman–Crippen LogP) is 8.83. The molecule has 4 nitrogen and oxygen atoms in total. The second-order valence-electron chi connectivity index (χ2n) is 10.6. The Labute approximate surface area is 239 Å². The highest BCUT2D eigenvalue weighted by Crippen LogP contribution is 2.40. The van der Waals surface area contributed by atoms with Gasteiger partial charge in [0, 0.05) is 27.7 Å². The summed E-state index contributed by atoms with van der Waals surface area (Å²) >= 11 is 8.05. The van der Waals surface area contributed by atoms with E-state index in [-0.39, 0.29) is 11.9 Å². The van der Waals surface area contributed by atoms with Gasteiger partial charge in [0.2, 0.25) is 0 Å². The van der Waals surface area contributed by atoms with E-state index in [4.69, 9.17) is 21.3 Å². The number of aliphatic imine (C=N–C) groups is 1. The third kappa shape index (κ3) is 5.90. The first-order chi connectivity index (χ1) is 19.2. The van der Waals surface area contributed by atoms with Crippen molar-refractivity contribution in [3.8, 4) is 5.75 Å². The van der Waals surface area contributed by atoms with Crippen LogP contribution >= 0.6 is 22.9 Å². The van der Waals surface area contributed by atoms with Crippen LogP contribution in [-0.4, -0.2) is 18.2 Å². The molecule has 0 atom stereocenters. The molecule has 0 radical (unpaired) electrons. The highest BCUT2D eigenvalue weighted by atomic mass is 35.5.